The minimum absolute atomic E-state index is 0.0469. The normalized spacial score (nSPS) is 22.2. The summed E-state index contributed by atoms with van der Waals surface area (Å²) in [6.45, 7) is 2.86. The summed E-state index contributed by atoms with van der Waals surface area (Å²) in [4.78, 5) is 16.9. The van der Waals surface area contributed by atoms with E-state index in [4.69, 9.17) is 5.26 Å². The first-order chi connectivity index (χ1) is 13.6. The van der Waals surface area contributed by atoms with Crippen molar-refractivity contribution in [1.82, 2.24) is 16.0 Å². The zero-order valence-electron chi connectivity index (χ0n) is 16.3. The fraction of sp³-hybridized carbons (Fsp3) is 0.571. The first-order valence-corrected chi connectivity index (χ1v) is 10.1. The lowest BCUT2D eigenvalue weighted by atomic mass is 9.85. The zero-order valence-corrected chi connectivity index (χ0v) is 16.3. The third kappa shape index (κ3) is 5.69. The van der Waals surface area contributed by atoms with E-state index in [1.54, 1.807) is 12.1 Å². The molecule has 2 fully saturated rings. The highest BCUT2D eigenvalue weighted by Crippen LogP contribution is 2.26. The number of hydrogen-bond acceptors (Lipinski definition) is 3. The van der Waals surface area contributed by atoms with Crippen molar-refractivity contribution in [2.75, 3.05) is 6.54 Å². The van der Waals surface area contributed by atoms with Gasteiger partial charge in [-0.15, -0.1) is 0 Å². The van der Waals surface area contributed by atoms with Crippen LogP contribution < -0.4 is 16.0 Å². The van der Waals surface area contributed by atoms with Gasteiger partial charge in [-0.05, 0) is 51.2 Å². The standard InChI is InChI=1S/C21H28FN5O/c1-2-24-21(25-13-16-7-6-14(12-23)10-19(16)22)27-18-5-3-4-15(11-18)20(28)26-17-8-9-17/h6-7,10,15,17-18H,2-5,8-9,11,13H2,1H3,(H,26,28)(H2,24,25,27). The summed E-state index contributed by atoms with van der Waals surface area (Å²) in [5.41, 5.74) is 0.745. The van der Waals surface area contributed by atoms with Gasteiger partial charge in [0.2, 0.25) is 5.91 Å². The number of nitrogens with one attached hydrogen (secondary N) is 3. The summed E-state index contributed by atoms with van der Waals surface area (Å²) < 4.78 is 14.1. The predicted octanol–water partition coefficient (Wildman–Crippen LogP) is 2.59. The first kappa shape index (κ1) is 20.1. The number of aliphatic imine (C=N–C) groups is 1. The van der Waals surface area contributed by atoms with Crippen molar-refractivity contribution in [3.63, 3.8) is 0 Å². The van der Waals surface area contributed by atoms with Gasteiger partial charge in [-0.25, -0.2) is 9.38 Å². The number of carbonyl (C=O) groups is 1. The molecule has 0 heterocycles. The van der Waals surface area contributed by atoms with Crippen molar-refractivity contribution < 1.29 is 9.18 Å². The molecule has 6 nitrogen and oxygen atoms in total. The van der Waals surface area contributed by atoms with Gasteiger partial charge in [0.05, 0.1) is 18.2 Å². The van der Waals surface area contributed by atoms with Gasteiger partial charge < -0.3 is 16.0 Å². The van der Waals surface area contributed by atoms with Crippen molar-refractivity contribution in [1.29, 1.82) is 5.26 Å². The minimum Gasteiger partial charge on any atom is -0.357 e. The molecule has 1 aromatic rings. The number of guanidine groups is 1. The van der Waals surface area contributed by atoms with Gasteiger partial charge >= 0.3 is 0 Å². The second-order valence-corrected chi connectivity index (χ2v) is 7.60. The molecular formula is C21H28FN5O. The summed E-state index contributed by atoms with van der Waals surface area (Å²) >= 11 is 0. The number of benzene rings is 1. The Morgan fingerprint density at radius 2 is 2.07 bits per heavy atom. The lowest BCUT2D eigenvalue weighted by molar-refractivity contribution is -0.126. The highest BCUT2D eigenvalue weighted by atomic mass is 19.1. The molecule has 2 aliphatic carbocycles. The van der Waals surface area contributed by atoms with Gasteiger partial charge in [0.25, 0.3) is 0 Å². The first-order valence-electron chi connectivity index (χ1n) is 10.1. The quantitative estimate of drug-likeness (QED) is 0.519. The summed E-state index contributed by atoms with van der Waals surface area (Å²) in [5.74, 6) is 0.425. The number of nitriles is 1. The Morgan fingerprint density at radius 1 is 1.25 bits per heavy atom. The van der Waals surface area contributed by atoms with Crippen molar-refractivity contribution in [2.45, 2.75) is 64.1 Å². The molecule has 150 valence electrons. The van der Waals surface area contributed by atoms with Gasteiger partial charge in [-0.3, -0.25) is 4.79 Å². The Bertz CT molecular complexity index is 769. The van der Waals surface area contributed by atoms with Crippen LogP contribution in [0.3, 0.4) is 0 Å². The highest BCUT2D eigenvalue weighted by Gasteiger charge is 2.31. The van der Waals surface area contributed by atoms with Gasteiger partial charge in [-0.1, -0.05) is 12.5 Å². The van der Waals surface area contributed by atoms with E-state index >= 15 is 0 Å². The average Bonchev–Trinajstić information content (AvgIpc) is 3.51. The van der Waals surface area contributed by atoms with E-state index in [1.165, 1.54) is 6.07 Å². The van der Waals surface area contributed by atoms with Crippen LogP contribution in [-0.4, -0.2) is 30.5 Å². The molecule has 2 aliphatic rings. The molecule has 2 unspecified atom stereocenters. The molecule has 0 radical (unpaired) electrons. The van der Waals surface area contributed by atoms with Crippen molar-refractivity contribution >= 4 is 11.9 Å². The summed E-state index contributed by atoms with van der Waals surface area (Å²) in [7, 11) is 0. The van der Waals surface area contributed by atoms with Crippen molar-refractivity contribution in [3.05, 3.63) is 35.1 Å². The van der Waals surface area contributed by atoms with E-state index in [0.717, 1.165) is 38.5 Å². The molecule has 7 heteroatoms. The molecule has 3 N–H and O–H groups in total. The molecule has 2 atom stereocenters. The van der Waals surface area contributed by atoms with E-state index in [0.29, 0.717) is 29.7 Å². The van der Waals surface area contributed by atoms with Crippen LogP contribution in [-0.2, 0) is 11.3 Å². The zero-order chi connectivity index (χ0) is 19.9. The van der Waals surface area contributed by atoms with Gasteiger partial charge in [-0.2, -0.15) is 5.26 Å². The van der Waals surface area contributed by atoms with Crippen LogP contribution in [0, 0.1) is 23.1 Å². The summed E-state index contributed by atoms with van der Waals surface area (Å²) in [5, 5.41) is 18.5. The van der Waals surface area contributed by atoms with E-state index in [1.807, 2.05) is 13.0 Å². The van der Waals surface area contributed by atoms with E-state index in [-0.39, 0.29) is 24.4 Å². The molecule has 1 amide bonds. The van der Waals surface area contributed by atoms with Crippen LogP contribution in [0.1, 0.15) is 56.6 Å². The molecule has 0 saturated heterocycles. The number of nitrogens with zero attached hydrogens (tertiary/aromatic N) is 2. The number of amides is 1. The Labute approximate surface area is 165 Å². The maximum absolute atomic E-state index is 14.1. The molecule has 0 aromatic heterocycles. The Morgan fingerprint density at radius 3 is 2.75 bits per heavy atom. The molecule has 0 aliphatic heterocycles. The van der Waals surface area contributed by atoms with E-state index < -0.39 is 5.82 Å². The lowest BCUT2D eigenvalue weighted by Gasteiger charge is -2.30. The maximum Gasteiger partial charge on any atom is 0.223 e. The Kier molecular flexibility index (Phi) is 6.85. The van der Waals surface area contributed by atoms with Crippen LogP contribution in [0.2, 0.25) is 0 Å². The van der Waals surface area contributed by atoms with E-state index in [9.17, 15) is 9.18 Å². The monoisotopic (exact) mass is 385 g/mol. The van der Waals surface area contributed by atoms with Crippen LogP contribution in [0.25, 0.3) is 0 Å². The van der Waals surface area contributed by atoms with Crippen molar-refractivity contribution in [2.24, 2.45) is 10.9 Å². The number of carbonyl (C=O) groups excluding carboxylic acids is 1. The molecule has 2 saturated carbocycles. The van der Waals surface area contributed by atoms with Crippen LogP contribution in [0.5, 0.6) is 0 Å². The van der Waals surface area contributed by atoms with Crippen LogP contribution in [0.15, 0.2) is 23.2 Å². The smallest absolute Gasteiger partial charge is 0.223 e. The third-order valence-corrected chi connectivity index (χ3v) is 5.24. The second-order valence-electron chi connectivity index (χ2n) is 7.60. The van der Waals surface area contributed by atoms with E-state index in [2.05, 4.69) is 20.9 Å². The minimum atomic E-state index is -0.423. The molecule has 3 rings (SSSR count). The van der Waals surface area contributed by atoms with Crippen molar-refractivity contribution in [3.8, 4) is 6.07 Å². The largest absolute Gasteiger partial charge is 0.357 e. The fourth-order valence-corrected chi connectivity index (χ4v) is 3.53. The molecule has 0 spiro atoms. The third-order valence-electron chi connectivity index (χ3n) is 5.24. The molecule has 0 bridgehead atoms. The molecule has 1 aromatic carbocycles. The number of hydrogen-bond donors (Lipinski definition) is 3. The average molecular weight is 385 g/mol. The van der Waals surface area contributed by atoms with Crippen LogP contribution in [0.4, 0.5) is 4.39 Å². The lowest BCUT2D eigenvalue weighted by Crippen LogP contribution is -2.47. The molecule has 28 heavy (non-hydrogen) atoms. The highest BCUT2D eigenvalue weighted by molar-refractivity contribution is 5.81. The number of rotatable bonds is 6. The Balaban J connectivity index is 1.59. The number of halogens is 1. The fourth-order valence-electron chi connectivity index (χ4n) is 3.53. The van der Waals surface area contributed by atoms with Gasteiger partial charge in [0, 0.05) is 30.1 Å². The second kappa shape index (κ2) is 9.54. The topological polar surface area (TPSA) is 89.3 Å². The maximum atomic E-state index is 14.1. The SMILES string of the molecule is CCNC(=NCc1ccc(C#N)cc1F)NC1CCCC(C(=O)NC2CC2)C1. The molecular weight excluding hydrogens is 357 g/mol. The van der Waals surface area contributed by atoms with Gasteiger partial charge in [0.1, 0.15) is 5.82 Å². The van der Waals surface area contributed by atoms with Crippen LogP contribution >= 0.6 is 0 Å². The van der Waals surface area contributed by atoms with Gasteiger partial charge in [0.15, 0.2) is 5.96 Å². The summed E-state index contributed by atoms with van der Waals surface area (Å²) in [6.07, 6.45) is 5.91. The summed E-state index contributed by atoms with van der Waals surface area (Å²) in [6, 6.07) is 6.92. The Hall–Kier alpha value is -2.62. The predicted molar refractivity (Wildman–Crippen MR) is 106 cm³/mol.